The highest BCUT2D eigenvalue weighted by molar-refractivity contribution is 7.99. The van der Waals surface area contributed by atoms with E-state index in [1.165, 1.54) is 11.8 Å². The molecule has 0 aliphatic carbocycles. The summed E-state index contributed by atoms with van der Waals surface area (Å²) in [6, 6.07) is 11.9. The van der Waals surface area contributed by atoms with Crippen LogP contribution in [0.1, 0.15) is 23.6 Å². The van der Waals surface area contributed by atoms with Crippen molar-refractivity contribution in [3.63, 3.8) is 0 Å². The van der Waals surface area contributed by atoms with Crippen molar-refractivity contribution in [1.82, 2.24) is 14.8 Å². The summed E-state index contributed by atoms with van der Waals surface area (Å²) in [5.74, 6) is 0.950. The molecule has 2 aromatic carbocycles. The Bertz CT molecular complexity index is 1020. The van der Waals surface area contributed by atoms with Gasteiger partial charge in [0.2, 0.25) is 5.91 Å². The summed E-state index contributed by atoms with van der Waals surface area (Å²) in [6.07, 6.45) is 0. The molecule has 0 saturated heterocycles. The number of carbonyl (C=O) groups excluding carboxylic acids is 1. The van der Waals surface area contributed by atoms with Crippen LogP contribution >= 0.6 is 23.4 Å². The molecule has 3 rings (SSSR count). The minimum atomic E-state index is -0.0655. The minimum absolute atomic E-state index is 0.0655. The van der Waals surface area contributed by atoms with Gasteiger partial charge in [-0.3, -0.25) is 4.79 Å². The van der Waals surface area contributed by atoms with Gasteiger partial charge in [-0.05, 0) is 56.5 Å². The normalized spacial score (nSPS) is 10.9. The lowest BCUT2D eigenvalue weighted by atomic mass is 10.1. The summed E-state index contributed by atoms with van der Waals surface area (Å²) in [5, 5.41) is 13.0. The Balaban J connectivity index is 1.72. The molecule has 7 heteroatoms. The second-order valence-electron chi connectivity index (χ2n) is 6.67. The van der Waals surface area contributed by atoms with Crippen LogP contribution in [0.5, 0.6) is 0 Å². The van der Waals surface area contributed by atoms with E-state index in [0.717, 1.165) is 33.8 Å². The van der Waals surface area contributed by atoms with E-state index in [9.17, 15) is 4.79 Å². The van der Waals surface area contributed by atoms with Crippen LogP contribution < -0.4 is 5.32 Å². The van der Waals surface area contributed by atoms with Crippen molar-refractivity contribution < 1.29 is 4.79 Å². The van der Waals surface area contributed by atoms with Gasteiger partial charge in [0.05, 0.1) is 5.75 Å². The van der Waals surface area contributed by atoms with Crippen molar-refractivity contribution in [2.24, 2.45) is 0 Å². The Morgan fingerprint density at radius 3 is 2.57 bits per heavy atom. The number of rotatable bonds is 6. The molecular formula is C21H23ClN4OS. The standard InChI is InChI=1S/C21H23ClN4OS/c1-5-26-20(16-9-8-14(3)17(22)11-16)24-25-21(26)28-12-19(27)23-18-10-13(2)6-7-15(18)4/h6-11H,5,12H2,1-4H3,(H,23,27). The van der Waals surface area contributed by atoms with Crippen molar-refractivity contribution in [2.75, 3.05) is 11.1 Å². The number of carbonyl (C=O) groups is 1. The van der Waals surface area contributed by atoms with E-state index in [2.05, 4.69) is 15.5 Å². The number of nitrogens with one attached hydrogen (secondary N) is 1. The van der Waals surface area contributed by atoms with Crippen LogP contribution in [-0.4, -0.2) is 26.4 Å². The Hall–Kier alpha value is -2.31. The minimum Gasteiger partial charge on any atom is -0.325 e. The average Bonchev–Trinajstić information content (AvgIpc) is 3.08. The topological polar surface area (TPSA) is 59.8 Å². The third kappa shape index (κ3) is 4.56. The van der Waals surface area contributed by atoms with Gasteiger partial charge in [-0.1, -0.05) is 47.6 Å². The fraction of sp³-hybridized carbons (Fsp3) is 0.286. The molecule has 0 aliphatic rings. The molecule has 0 saturated carbocycles. The highest BCUT2D eigenvalue weighted by Gasteiger charge is 2.15. The first-order chi connectivity index (χ1) is 13.4. The number of aryl methyl sites for hydroxylation is 3. The maximum Gasteiger partial charge on any atom is 0.234 e. The molecular weight excluding hydrogens is 392 g/mol. The first-order valence-corrected chi connectivity index (χ1v) is 10.4. The van der Waals surface area contributed by atoms with E-state index in [0.29, 0.717) is 16.7 Å². The molecule has 146 valence electrons. The largest absolute Gasteiger partial charge is 0.325 e. The van der Waals surface area contributed by atoms with Gasteiger partial charge in [0.25, 0.3) is 0 Å². The number of halogens is 1. The molecule has 0 radical (unpaired) electrons. The molecule has 5 nitrogen and oxygen atoms in total. The van der Waals surface area contributed by atoms with Crippen molar-refractivity contribution in [3.8, 4) is 11.4 Å². The predicted molar refractivity (Wildman–Crippen MR) is 116 cm³/mol. The molecule has 0 bridgehead atoms. The van der Waals surface area contributed by atoms with Crippen molar-refractivity contribution in [3.05, 3.63) is 58.1 Å². The van der Waals surface area contributed by atoms with Gasteiger partial charge >= 0.3 is 0 Å². The fourth-order valence-corrected chi connectivity index (χ4v) is 3.80. The first-order valence-electron chi connectivity index (χ1n) is 9.08. The molecule has 0 unspecified atom stereocenters. The summed E-state index contributed by atoms with van der Waals surface area (Å²) in [6.45, 7) is 8.69. The summed E-state index contributed by atoms with van der Waals surface area (Å²) in [4.78, 5) is 12.4. The SMILES string of the molecule is CCn1c(SCC(=O)Nc2cc(C)ccc2C)nnc1-c1ccc(C)c(Cl)c1. The zero-order valence-electron chi connectivity index (χ0n) is 16.4. The fourth-order valence-electron chi connectivity index (χ4n) is 2.81. The highest BCUT2D eigenvalue weighted by atomic mass is 35.5. The second-order valence-corrected chi connectivity index (χ2v) is 8.02. The number of nitrogens with zero attached hydrogens (tertiary/aromatic N) is 3. The first kappa shape index (κ1) is 20.4. The van der Waals surface area contributed by atoms with E-state index in [1.54, 1.807) is 0 Å². The van der Waals surface area contributed by atoms with Crippen LogP contribution in [0.2, 0.25) is 5.02 Å². The lowest BCUT2D eigenvalue weighted by molar-refractivity contribution is -0.113. The van der Waals surface area contributed by atoms with Gasteiger partial charge < -0.3 is 9.88 Å². The predicted octanol–water partition coefficient (Wildman–Crippen LogP) is 5.27. The molecule has 0 fully saturated rings. The van der Waals surface area contributed by atoms with Crippen LogP contribution in [0.3, 0.4) is 0 Å². The Morgan fingerprint density at radius 2 is 1.86 bits per heavy atom. The van der Waals surface area contributed by atoms with Crippen LogP contribution in [0.25, 0.3) is 11.4 Å². The Morgan fingerprint density at radius 1 is 1.11 bits per heavy atom. The monoisotopic (exact) mass is 414 g/mol. The molecule has 3 aromatic rings. The summed E-state index contributed by atoms with van der Waals surface area (Å²) >= 11 is 7.63. The average molecular weight is 415 g/mol. The van der Waals surface area contributed by atoms with E-state index < -0.39 is 0 Å². The second kappa shape index (κ2) is 8.80. The van der Waals surface area contributed by atoms with Gasteiger partial charge in [0.15, 0.2) is 11.0 Å². The third-order valence-corrected chi connectivity index (χ3v) is 5.84. The molecule has 28 heavy (non-hydrogen) atoms. The molecule has 1 heterocycles. The van der Waals surface area contributed by atoms with Gasteiger partial charge in [0.1, 0.15) is 0 Å². The maximum atomic E-state index is 12.4. The maximum absolute atomic E-state index is 12.4. The molecule has 0 spiro atoms. The summed E-state index contributed by atoms with van der Waals surface area (Å²) in [5.41, 5.74) is 4.93. The van der Waals surface area contributed by atoms with Gasteiger partial charge in [-0.25, -0.2) is 0 Å². The highest BCUT2D eigenvalue weighted by Crippen LogP contribution is 2.27. The van der Waals surface area contributed by atoms with Crippen LogP contribution in [0.4, 0.5) is 5.69 Å². The molecule has 0 aliphatic heterocycles. The molecule has 1 amide bonds. The van der Waals surface area contributed by atoms with Crippen molar-refractivity contribution in [2.45, 2.75) is 39.4 Å². The number of hydrogen-bond donors (Lipinski definition) is 1. The van der Waals surface area contributed by atoms with Gasteiger partial charge in [0, 0.05) is 22.8 Å². The quantitative estimate of drug-likeness (QED) is 0.558. The van der Waals surface area contributed by atoms with E-state index in [1.807, 2.05) is 68.7 Å². The van der Waals surface area contributed by atoms with Crippen LogP contribution in [-0.2, 0) is 11.3 Å². The number of thioether (sulfide) groups is 1. The molecule has 1 N–H and O–H groups in total. The zero-order chi connectivity index (χ0) is 20.3. The van der Waals surface area contributed by atoms with Crippen LogP contribution in [0.15, 0.2) is 41.6 Å². The number of amides is 1. The Kier molecular flexibility index (Phi) is 6.42. The third-order valence-electron chi connectivity index (χ3n) is 4.46. The Labute approximate surface area is 174 Å². The number of benzene rings is 2. The lowest BCUT2D eigenvalue weighted by Crippen LogP contribution is -2.15. The summed E-state index contributed by atoms with van der Waals surface area (Å²) < 4.78 is 2.00. The van der Waals surface area contributed by atoms with Gasteiger partial charge in [-0.15, -0.1) is 10.2 Å². The molecule has 1 aromatic heterocycles. The van der Waals surface area contributed by atoms with Crippen molar-refractivity contribution >= 4 is 35.0 Å². The number of hydrogen-bond acceptors (Lipinski definition) is 4. The summed E-state index contributed by atoms with van der Waals surface area (Å²) in [7, 11) is 0. The zero-order valence-corrected chi connectivity index (χ0v) is 18.0. The molecule has 0 atom stereocenters. The lowest BCUT2D eigenvalue weighted by Gasteiger charge is -2.10. The van der Waals surface area contributed by atoms with Crippen molar-refractivity contribution in [1.29, 1.82) is 0 Å². The number of aromatic nitrogens is 3. The van der Waals surface area contributed by atoms with E-state index in [-0.39, 0.29) is 11.7 Å². The van der Waals surface area contributed by atoms with E-state index >= 15 is 0 Å². The smallest absolute Gasteiger partial charge is 0.234 e. The van der Waals surface area contributed by atoms with Crippen LogP contribution in [0, 0.1) is 20.8 Å². The van der Waals surface area contributed by atoms with E-state index in [4.69, 9.17) is 11.6 Å². The van der Waals surface area contributed by atoms with Gasteiger partial charge in [-0.2, -0.15) is 0 Å². The number of anilines is 1.